The lowest BCUT2D eigenvalue weighted by Crippen LogP contribution is -2.18. The van der Waals surface area contributed by atoms with Crippen LogP contribution < -0.4 is 4.90 Å². The predicted molar refractivity (Wildman–Crippen MR) is 66.1 cm³/mol. The zero-order valence-electron chi connectivity index (χ0n) is 9.82. The van der Waals surface area contributed by atoms with Crippen molar-refractivity contribution < 1.29 is 14.3 Å². The molecule has 0 radical (unpaired) electrons. The van der Waals surface area contributed by atoms with Crippen LogP contribution in [0.5, 0.6) is 0 Å². The van der Waals surface area contributed by atoms with Crippen molar-refractivity contribution in [3.63, 3.8) is 0 Å². The van der Waals surface area contributed by atoms with Gasteiger partial charge in [0, 0.05) is 19.3 Å². The van der Waals surface area contributed by atoms with E-state index in [1.54, 1.807) is 6.07 Å². The van der Waals surface area contributed by atoms with Crippen molar-refractivity contribution in [3.8, 4) is 0 Å². The average Bonchev–Trinajstić information content (AvgIpc) is 2.28. The van der Waals surface area contributed by atoms with E-state index < -0.39 is 11.8 Å². The number of rotatable bonds is 6. The number of allylic oxidation sites excluding steroid dienone is 1. The lowest BCUT2D eigenvalue weighted by molar-refractivity contribution is 0.0692. The summed E-state index contributed by atoms with van der Waals surface area (Å²) in [5, 5.41) is 8.70. The van der Waals surface area contributed by atoms with Gasteiger partial charge in [0.25, 0.3) is 0 Å². The summed E-state index contributed by atoms with van der Waals surface area (Å²) < 4.78 is 13.4. The molecule has 1 rings (SSSR count). The van der Waals surface area contributed by atoms with Gasteiger partial charge in [0.15, 0.2) is 0 Å². The zero-order chi connectivity index (χ0) is 12.8. The number of hydrogen-bond acceptors (Lipinski definition) is 2. The Balaban J connectivity index is 2.75. The first-order valence-electron chi connectivity index (χ1n) is 5.41. The molecule has 0 aromatic heterocycles. The summed E-state index contributed by atoms with van der Waals surface area (Å²) in [7, 11) is 1.85. The van der Waals surface area contributed by atoms with Crippen molar-refractivity contribution in [2.45, 2.75) is 12.8 Å². The van der Waals surface area contributed by atoms with Crippen LogP contribution in [0.25, 0.3) is 0 Å². The maximum atomic E-state index is 13.4. The number of unbranched alkanes of at least 4 members (excludes halogenated alkanes) is 1. The molecule has 0 unspecified atom stereocenters. The molecule has 4 heteroatoms. The summed E-state index contributed by atoms with van der Waals surface area (Å²) in [6.45, 7) is 4.41. The molecule has 0 saturated heterocycles. The second-order valence-electron chi connectivity index (χ2n) is 3.82. The highest BCUT2D eigenvalue weighted by Crippen LogP contribution is 2.18. The van der Waals surface area contributed by atoms with Gasteiger partial charge in [0.05, 0.1) is 5.56 Å². The molecule has 0 spiro atoms. The van der Waals surface area contributed by atoms with Crippen LogP contribution >= 0.6 is 0 Å². The highest BCUT2D eigenvalue weighted by atomic mass is 19.1. The molecule has 0 bridgehead atoms. The quantitative estimate of drug-likeness (QED) is 0.611. The van der Waals surface area contributed by atoms with Crippen LogP contribution in [0, 0.1) is 5.82 Å². The van der Waals surface area contributed by atoms with Crippen LogP contribution in [0.15, 0.2) is 30.9 Å². The Labute approximate surface area is 100 Å². The van der Waals surface area contributed by atoms with Gasteiger partial charge in [-0.25, -0.2) is 9.18 Å². The molecule has 3 nitrogen and oxygen atoms in total. The maximum absolute atomic E-state index is 13.4. The Morgan fingerprint density at radius 1 is 1.59 bits per heavy atom. The highest BCUT2D eigenvalue weighted by Gasteiger charge is 2.11. The standard InChI is InChI=1S/C13H16FNO2/c1-3-4-5-8-15(2)10-6-7-11(13(16)17)12(14)9-10/h3,6-7,9H,1,4-5,8H2,2H3,(H,16,17). The van der Waals surface area contributed by atoms with Crippen LogP contribution in [0.2, 0.25) is 0 Å². The summed E-state index contributed by atoms with van der Waals surface area (Å²) in [5.41, 5.74) is 0.379. The Hall–Kier alpha value is -1.84. The molecule has 17 heavy (non-hydrogen) atoms. The van der Waals surface area contributed by atoms with Gasteiger partial charge in [0.1, 0.15) is 5.82 Å². The summed E-state index contributed by atoms with van der Waals surface area (Å²) in [6, 6.07) is 4.15. The van der Waals surface area contributed by atoms with E-state index in [-0.39, 0.29) is 5.56 Å². The summed E-state index contributed by atoms with van der Waals surface area (Å²) >= 11 is 0. The Morgan fingerprint density at radius 3 is 2.82 bits per heavy atom. The van der Waals surface area contributed by atoms with Crippen LogP contribution in [0.4, 0.5) is 10.1 Å². The second kappa shape index (κ2) is 6.03. The van der Waals surface area contributed by atoms with E-state index in [2.05, 4.69) is 6.58 Å². The predicted octanol–water partition coefficient (Wildman–Crippen LogP) is 2.93. The Bertz CT molecular complexity index is 418. The summed E-state index contributed by atoms with van der Waals surface area (Å²) in [5.74, 6) is -1.95. The van der Waals surface area contributed by atoms with Gasteiger partial charge in [-0.2, -0.15) is 0 Å². The molecule has 0 amide bonds. The SMILES string of the molecule is C=CCCCN(C)c1ccc(C(=O)O)c(F)c1. The monoisotopic (exact) mass is 237 g/mol. The first-order chi connectivity index (χ1) is 8.06. The molecular formula is C13H16FNO2. The molecular weight excluding hydrogens is 221 g/mol. The van der Waals surface area contributed by atoms with E-state index in [0.29, 0.717) is 5.69 Å². The van der Waals surface area contributed by atoms with Crippen molar-refractivity contribution in [1.29, 1.82) is 0 Å². The number of carbonyl (C=O) groups is 1. The summed E-state index contributed by atoms with van der Waals surface area (Å²) in [6.07, 6.45) is 3.67. The van der Waals surface area contributed by atoms with Crippen molar-refractivity contribution in [2.24, 2.45) is 0 Å². The number of anilines is 1. The zero-order valence-corrected chi connectivity index (χ0v) is 9.82. The van der Waals surface area contributed by atoms with Gasteiger partial charge >= 0.3 is 5.97 Å². The first-order valence-corrected chi connectivity index (χ1v) is 5.41. The topological polar surface area (TPSA) is 40.5 Å². The summed E-state index contributed by atoms with van der Waals surface area (Å²) in [4.78, 5) is 12.5. The minimum atomic E-state index is -1.25. The number of carboxylic acid groups (broad SMARTS) is 1. The fourth-order valence-corrected chi connectivity index (χ4v) is 1.52. The first kappa shape index (κ1) is 13.2. The highest BCUT2D eigenvalue weighted by molar-refractivity contribution is 5.88. The number of aromatic carboxylic acids is 1. The van der Waals surface area contributed by atoms with E-state index in [1.165, 1.54) is 12.1 Å². The third-order valence-electron chi connectivity index (χ3n) is 2.53. The lowest BCUT2D eigenvalue weighted by Gasteiger charge is -2.19. The van der Waals surface area contributed by atoms with Crippen molar-refractivity contribution >= 4 is 11.7 Å². The van der Waals surface area contributed by atoms with Gasteiger partial charge in [-0.1, -0.05) is 6.08 Å². The van der Waals surface area contributed by atoms with Crippen molar-refractivity contribution in [1.82, 2.24) is 0 Å². The van der Waals surface area contributed by atoms with E-state index in [1.807, 2.05) is 18.0 Å². The van der Waals surface area contributed by atoms with E-state index in [0.717, 1.165) is 19.4 Å². The second-order valence-corrected chi connectivity index (χ2v) is 3.82. The van der Waals surface area contributed by atoms with Crippen molar-refractivity contribution in [2.75, 3.05) is 18.5 Å². The maximum Gasteiger partial charge on any atom is 0.338 e. The lowest BCUT2D eigenvalue weighted by atomic mass is 10.2. The average molecular weight is 237 g/mol. The third kappa shape index (κ3) is 3.59. The van der Waals surface area contributed by atoms with Gasteiger partial charge < -0.3 is 10.0 Å². The molecule has 0 fully saturated rings. The molecule has 0 aliphatic carbocycles. The van der Waals surface area contributed by atoms with Gasteiger partial charge in [-0.15, -0.1) is 6.58 Å². The molecule has 1 aromatic carbocycles. The van der Waals surface area contributed by atoms with Gasteiger partial charge in [-0.05, 0) is 31.0 Å². The van der Waals surface area contributed by atoms with Crippen LogP contribution in [-0.2, 0) is 0 Å². The van der Waals surface area contributed by atoms with E-state index in [4.69, 9.17) is 5.11 Å². The molecule has 0 atom stereocenters. The van der Waals surface area contributed by atoms with Crippen molar-refractivity contribution in [3.05, 3.63) is 42.2 Å². The fourth-order valence-electron chi connectivity index (χ4n) is 1.52. The molecule has 0 saturated carbocycles. The number of carboxylic acids is 1. The van der Waals surface area contributed by atoms with E-state index in [9.17, 15) is 9.18 Å². The fraction of sp³-hybridized carbons (Fsp3) is 0.308. The molecule has 1 aromatic rings. The van der Waals surface area contributed by atoms with Crippen LogP contribution in [-0.4, -0.2) is 24.7 Å². The molecule has 1 N–H and O–H groups in total. The number of hydrogen-bond donors (Lipinski definition) is 1. The number of nitrogens with zero attached hydrogens (tertiary/aromatic N) is 1. The van der Waals surface area contributed by atoms with Crippen LogP contribution in [0.1, 0.15) is 23.2 Å². The third-order valence-corrected chi connectivity index (χ3v) is 2.53. The smallest absolute Gasteiger partial charge is 0.338 e. The van der Waals surface area contributed by atoms with E-state index >= 15 is 0 Å². The van der Waals surface area contributed by atoms with Gasteiger partial charge in [-0.3, -0.25) is 0 Å². The molecule has 0 heterocycles. The van der Waals surface area contributed by atoms with Gasteiger partial charge in [0.2, 0.25) is 0 Å². The minimum Gasteiger partial charge on any atom is -0.478 e. The molecule has 0 aliphatic heterocycles. The minimum absolute atomic E-state index is 0.298. The Kier molecular flexibility index (Phi) is 4.69. The number of benzene rings is 1. The largest absolute Gasteiger partial charge is 0.478 e. The Morgan fingerprint density at radius 2 is 2.29 bits per heavy atom. The molecule has 0 aliphatic rings. The molecule has 92 valence electrons. The van der Waals surface area contributed by atoms with Crippen LogP contribution in [0.3, 0.4) is 0 Å². The number of halogens is 1. The normalized spacial score (nSPS) is 10.0.